The van der Waals surface area contributed by atoms with Gasteiger partial charge in [-0.3, -0.25) is 0 Å². The van der Waals surface area contributed by atoms with Gasteiger partial charge in [0.25, 0.3) is 0 Å². The zero-order valence-electron chi connectivity index (χ0n) is 10.00. The van der Waals surface area contributed by atoms with Gasteiger partial charge in [-0.2, -0.15) is 0 Å². The fourth-order valence-electron chi connectivity index (χ4n) is 1.67. The van der Waals surface area contributed by atoms with Crippen molar-refractivity contribution in [3.8, 4) is 0 Å². The Morgan fingerprint density at radius 2 is 1.84 bits per heavy atom. The average molecular weight is 316 g/mol. The fourth-order valence-corrected chi connectivity index (χ4v) is 3.20. The van der Waals surface area contributed by atoms with Crippen molar-refractivity contribution in [2.75, 3.05) is 0 Å². The Balaban J connectivity index is 2.16. The maximum atomic E-state index is 13.1. The van der Waals surface area contributed by atoms with E-state index < -0.39 is 0 Å². The molecule has 2 aromatic carbocycles. The van der Waals surface area contributed by atoms with Crippen LogP contribution in [0.25, 0.3) is 0 Å². The molecule has 0 aliphatic carbocycles. The SMILES string of the molecule is NCc1cc(F)ccc1CSc1cc(Cl)ccc1Cl. The number of benzene rings is 2. The standard InChI is InChI=1S/C14H12Cl2FNS/c15-11-2-4-13(16)14(6-11)19-8-9-1-3-12(17)5-10(9)7-18/h1-6H,7-8,18H2. The third-order valence-electron chi connectivity index (χ3n) is 2.66. The first-order valence-electron chi connectivity index (χ1n) is 5.65. The Hall–Kier alpha value is -0.740. The molecule has 0 spiro atoms. The quantitative estimate of drug-likeness (QED) is 0.813. The van der Waals surface area contributed by atoms with Crippen LogP contribution in [0.2, 0.25) is 10.0 Å². The molecule has 0 fully saturated rings. The lowest BCUT2D eigenvalue weighted by molar-refractivity contribution is 0.624. The Morgan fingerprint density at radius 1 is 1.05 bits per heavy atom. The maximum absolute atomic E-state index is 13.1. The summed E-state index contributed by atoms with van der Waals surface area (Å²) >= 11 is 13.6. The van der Waals surface area contributed by atoms with E-state index in [-0.39, 0.29) is 5.82 Å². The Labute approximate surface area is 125 Å². The normalized spacial score (nSPS) is 10.7. The van der Waals surface area contributed by atoms with Crippen LogP contribution >= 0.6 is 35.0 Å². The van der Waals surface area contributed by atoms with Crippen molar-refractivity contribution in [3.63, 3.8) is 0 Å². The molecule has 0 aromatic heterocycles. The van der Waals surface area contributed by atoms with Gasteiger partial charge < -0.3 is 5.73 Å². The van der Waals surface area contributed by atoms with Crippen LogP contribution in [-0.4, -0.2) is 0 Å². The van der Waals surface area contributed by atoms with Crippen molar-refractivity contribution in [1.82, 2.24) is 0 Å². The highest BCUT2D eigenvalue weighted by molar-refractivity contribution is 7.98. The van der Waals surface area contributed by atoms with Crippen molar-refractivity contribution in [1.29, 1.82) is 0 Å². The molecule has 2 aromatic rings. The zero-order chi connectivity index (χ0) is 13.8. The molecule has 0 unspecified atom stereocenters. The highest BCUT2D eigenvalue weighted by atomic mass is 35.5. The summed E-state index contributed by atoms with van der Waals surface area (Å²) < 4.78 is 13.1. The van der Waals surface area contributed by atoms with Crippen LogP contribution < -0.4 is 5.73 Å². The van der Waals surface area contributed by atoms with Gasteiger partial charge in [0.15, 0.2) is 0 Å². The first kappa shape index (κ1) is 14.7. The molecule has 5 heteroatoms. The topological polar surface area (TPSA) is 26.0 Å². The molecule has 0 radical (unpaired) electrons. The lowest BCUT2D eigenvalue weighted by Crippen LogP contribution is -2.01. The molecule has 0 saturated carbocycles. The number of nitrogens with two attached hydrogens (primary N) is 1. The number of hydrogen-bond acceptors (Lipinski definition) is 2. The van der Waals surface area contributed by atoms with E-state index >= 15 is 0 Å². The summed E-state index contributed by atoms with van der Waals surface area (Å²) in [5.41, 5.74) is 7.43. The summed E-state index contributed by atoms with van der Waals surface area (Å²) in [5, 5.41) is 1.30. The van der Waals surface area contributed by atoms with E-state index in [1.807, 2.05) is 6.07 Å². The summed E-state index contributed by atoms with van der Waals surface area (Å²) in [6.07, 6.45) is 0. The number of rotatable bonds is 4. The summed E-state index contributed by atoms with van der Waals surface area (Å²) in [4.78, 5) is 0.904. The van der Waals surface area contributed by atoms with Gasteiger partial charge in [0, 0.05) is 22.2 Å². The number of halogens is 3. The second-order valence-electron chi connectivity index (χ2n) is 3.98. The smallest absolute Gasteiger partial charge is 0.123 e. The number of thioether (sulfide) groups is 1. The summed E-state index contributed by atoms with van der Waals surface area (Å²) in [6.45, 7) is 0.316. The second kappa shape index (κ2) is 6.62. The van der Waals surface area contributed by atoms with Crippen molar-refractivity contribution in [2.45, 2.75) is 17.2 Å². The van der Waals surface area contributed by atoms with Crippen LogP contribution in [-0.2, 0) is 12.3 Å². The predicted molar refractivity (Wildman–Crippen MR) is 80.3 cm³/mol. The van der Waals surface area contributed by atoms with Gasteiger partial charge in [-0.25, -0.2) is 4.39 Å². The molecule has 0 saturated heterocycles. The summed E-state index contributed by atoms with van der Waals surface area (Å²) in [5.74, 6) is 0.405. The molecule has 2 rings (SSSR count). The third-order valence-corrected chi connectivity index (χ3v) is 4.45. The molecule has 100 valence electrons. The van der Waals surface area contributed by atoms with E-state index in [0.29, 0.717) is 22.3 Å². The maximum Gasteiger partial charge on any atom is 0.123 e. The van der Waals surface area contributed by atoms with Gasteiger partial charge in [0.2, 0.25) is 0 Å². The monoisotopic (exact) mass is 315 g/mol. The lowest BCUT2D eigenvalue weighted by Gasteiger charge is -2.09. The molecule has 0 atom stereocenters. The van der Waals surface area contributed by atoms with Crippen LogP contribution in [0.1, 0.15) is 11.1 Å². The van der Waals surface area contributed by atoms with Crippen molar-refractivity contribution >= 4 is 35.0 Å². The molecule has 0 aliphatic heterocycles. The van der Waals surface area contributed by atoms with Gasteiger partial charge in [0.1, 0.15) is 5.82 Å². The van der Waals surface area contributed by atoms with E-state index in [0.717, 1.165) is 16.0 Å². The van der Waals surface area contributed by atoms with Gasteiger partial charge in [0.05, 0.1) is 5.02 Å². The average Bonchev–Trinajstić information content (AvgIpc) is 2.40. The Kier molecular flexibility index (Phi) is 5.11. The van der Waals surface area contributed by atoms with Crippen molar-refractivity contribution in [2.24, 2.45) is 5.73 Å². The molecule has 1 nitrogen and oxygen atoms in total. The summed E-state index contributed by atoms with van der Waals surface area (Å²) in [7, 11) is 0. The molecule has 19 heavy (non-hydrogen) atoms. The number of hydrogen-bond donors (Lipinski definition) is 1. The van der Waals surface area contributed by atoms with Gasteiger partial charge >= 0.3 is 0 Å². The van der Waals surface area contributed by atoms with E-state index in [9.17, 15) is 4.39 Å². The fraction of sp³-hybridized carbons (Fsp3) is 0.143. The lowest BCUT2D eigenvalue weighted by atomic mass is 10.1. The van der Waals surface area contributed by atoms with Crippen LogP contribution in [0, 0.1) is 5.82 Å². The van der Waals surface area contributed by atoms with Gasteiger partial charge in [-0.05, 0) is 41.5 Å². The van der Waals surface area contributed by atoms with Crippen LogP contribution in [0.15, 0.2) is 41.3 Å². The minimum atomic E-state index is -0.269. The van der Waals surface area contributed by atoms with Gasteiger partial charge in [-0.15, -0.1) is 11.8 Å². The zero-order valence-corrected chi connectivity index (χ0v) is 12.3. The van der Waals surface area contributed by atoms with Crippen LogP contribution in [0.3, 0.4) is 0 Å². The van der Waals surface area contributed by atoms with Crippen LogP contribution in [0.5, 0.6) is 0 Å². The highest BCUT2D eigenvalue weighted by Gasteiger charge is 2.06. The first-order valence-corrected chi connectivity index (χ1v) is 7.39. The molecule has 0 bridgehead atoms. The molecule has 0 heterocycles. The minimum absolute atomic E-state index is 0.269. The first-order chi connectivity index (χ1) is 9.10. The van der Waals surface area contributed by atoms with E-state index in [1.54, 1.807) is 30.0 Å². The molecule has 0 amide bonds. The molecular weight excluding hydrogens is 304 g/mol. The Bertz CT molecular complexity index is 590. The molecule has 0 aliphatic rings. The molecule has 2 N–H and O–H groups in total. The van der Waals surface area contributed by atoms with E-state index in [2.05, 4.69) is 0 Å². The molecular formula is C14H12Cl2FNS. The minimum Gasteiger partial charge on any atom is -0.326 e. The largest absolute Gasteiger partial charge is 0.326 e. The Morgan fingerprint density at radius 3 is 2.58 bits per heavy atom. The second-order valence-corrected chi connectivity index (χ2v) is 5.84. The van der Waals surface area contributed by atoms with Crippen molar-refractivity contribution < 1.29 is 4.39 Å². The van der Waals surface area contributed by atoms with Gasteiger partial charge in [-0.1, -0.05) is 29.3 Å². The predicted octanol–water partition coefficient (Wildman–Crippen LogP) is 4.88. The van der Waals surface area contributed by atoms with E-state index in [4.69, 9.17) is 28.9 Å². The summed E-state index contributed by atoms with van der Waals surface area (Å²) in [6, 6.07) is 9.99. The van der Waals surface area contributed by atoms with Crippen LogP contribution in [0.4, 0.5) is 4.39 Å². The third kappa shape index (κ3) is 3.86. The highest BCUT2D eigenvalue weighted by Crippen LogP contribution is 2.32. The van der Waals surface area contributed by atoms with Crippen molar-refractivity contribution in [3.05, 3.63) is 63.4 Å². The van der Waals surface area contributed by atoms with E-state index in [1.165, 1.54) is 12.1 Å².